The number of carbonyl (C=O) groups excluding carboxylic acids is 2. The van der Waals surface area contributed by atoms with Gasteiger partial charge in [-0.05, 0) is 39.8 Å². The molecule has 0 aliphatic heterocycles. The van der Waals surface area contributed by atoms with Crippen LogP contribution in [0.15, 0.2) is 29.6 Å². The van der Waals surface area contributed by atoms with Gasteiger partial charge in [0, 0.05) is 10.9 Å². The number of thiazole rings is 1. The van der Waals surface area contributed by atoms with Crippen molar-refractivity contribution in [1.82, 2.24) is 10.3 Å². The molecule has 136 valence electrons. The smallest absolute Gasteiger partial charge is 0.408 e. The Labute approximate surface area is 156 Å². The van der Waals surface area contributed by atoms with Crippen LogP contribution < -0.4 is 10.6 Å². The predicted molar refractivity (Wildman–Crippen MR) is 99.7 cm³/mol. The molecule has 2 amide bonds. The summed E-state index contributed by atoms with van der Waals surface area (Å²) in [5.74, 6) is -0.392. The van der Waals surface area contributed by atoms with E-state index in [1.807, 2.05) is 5.38 Å². The van der Waals surface area contributed by atoms with Crippen LogP contribution in [-0.4, -0.2) is 28.6 Å². The van der Waals surface area contributed by atoms with Gasteiger partial charge >= 0.3 is 6.09 Å². The number of carbonyl (C=O) groups is 2. The van der Waals surface area contributed by atoms with E-state index in [-0.39, 0.29) is 0 Å². The van der Waals surface area contributed by atoms with Crippen molar-refractivity contribution in [3.63, 3.8) is 0 Å². The fourth-order valence-corrected chi connectivity index (χ4v) is 2.67. The third-order valence-corrected chi connectivity index (χ3v) is 3.93. The average Bonchev–Trinajstić information content (AvgIpc) is 3.01. The van der Waals surface area contributed by atoms with E-state index in [0.717, 1.165) is 5.56 Å². The highest BCUT2D eigenvalue weighted by molar-refractivity contribution is 7.14. The van der Waals surface area contributed by atoms with Crippen molar-refractivity contribution in [2.75, 3.05) is 5.32 Å². The Morgan fingerprint density at radius 2 is 1.92 bits per heavy atom. The minimum Gasteiger partial charge on any atom is -0.444 e. The SMILES string of the molecule is CC(NC(=O)OC(C)(C)C)C(=O)Nc1nc(-c2ccc(C#N)cc2)cs1. The predicted octanol–water partition coefficient (Wildman–Crippen LogP) is 3.53. The van der Waals surface area contributed by atoms with Crippen molar-refractivity contribution in [1.29, 1.82) is 5.26 Å². The van der Waals surface area contributed by atoms with Gasteiger partial charge < -0.3 is 15.4 Å². The first-order valence-electron chi connectivity index (χ1n) is 7.94. The van der Waals surface area contributed by atoms with Crippen molar-refractivity contribution in [3.05, 3.63) is 35.2 Å². The summed E-state index contributed by atoms with van der Waals surface area (Å²) < 4.78 is 5.12. The third-order valence-electron chi connectivity index (χ3n) is 3.17. The van der Waals surface area contributed by atoms with Crippen LogP contribution in [-0.2, 0) is 9.53 Å². The van der Waals surface area contributed by atoms with E-state index < -0.39 is 23.6 Å². The van der Waals surface area contributed by atoms with Gasteiger partial charge in [0.05, 0.1) is 17.3 Å². The number of hydrogen-bond donors (Lipinski definition) is 2. The van der Waals surface area contributed by atoms with Gasteiger partial charge in [0.25, 0.3) is 0 Å². The standard InChI is InChI=1S/C18H20N4O3S/c1-11(20-17(24)25-18(2,3)4)15(23)22-16-21-14(10-26-16)13-7-5-12(9-19)6-8-13/h5-8,10-11H,1-4H3,(H,20,24)(H,21,22,23). The number of anilines is 1. The molecule has 0 bridgehead atoms. The van der Waals surface area contributed by atoms with Crippen LogP contribution in [0.4, 0.5) is 9.93 Å². The molecule has 7 nitrogen and oxygen atoms in total. The number of ether oxygens (including phenoxy) is 1. The van der Waals surface area contributed by atoms with Gasteiger partial charge in [-0.3, -0.25) is 4.79 Å². The number of rotatable bonds is 4. The lowest BCUT2D eigenvalue weighted by molar-refractivity contribution is -0.117. The highest BCUT2D eigenvalue weighted by Gasteiger charge is 2.21. The molecule has 0 spiro atoms. The fraction of sp³-hybridized carbons (Fsp3) is 0.333. The van der Waals surface area contributed by atoms with E-state index >= 15 is 0 Å². The van der Waals surface area contributed by atoms with E-state index in [2.05, 4.69) is 21.7 Å². The first-order chi connectivity index (χ1) is 12.2. The normalized spacial score (nSPS) is 12.0. The summed E-state index contributed by atoms with van der Waals surface area (Å²) in [5, 5.41) is 16.2. The van der Waals surface area contributed by atoms with Gasteiger partial charge in [-0.15, -0.1) is 11.3 Å². The summed E-state index contributed by atoms with van der Waals surface area (Å²) in [5.41, 5.74) is 1.48. The maximum Gasteiger partial charge on any atom is 0.408 e. The van der Waals surface area contributed by atoms with Crippen LogP contribution in [0.3, 0.4) is 0 Å². The van der Waals surface area contributed by atoms with Gasteiger partial charge in [-0.25, -0.2) is 9.78 Å². The largest absolute Gasteiger partial charge is 0.444 e. The van der Waals surface area contributed by atoms with Crippen LogP contribution in [0, 0.1) is 11.3 Å². The molecular formula is C18H20N4O3S. The molecule has 0 fully saturated rings. The zero-order valence-electron chi connectivity index (χ0n) is 15.0. The molecule has 2 rings (SSSR count). The molecule has 2 N–H and O–H groups in total. The molecule has 1 aromatic carbocycles. The topological polar surface area (TPSA) is 104 Å². The number of alkyl carbamates (subject to hydrolysis) is 1. The quantitative estimate of drug-likeness (QED) is 0.854. The van der Waals surface area contributed by atoms with Crippen LogP contribution in [0.5, 0.6) is 0 Å². The number of hydrogen-bond acceptors (Lipinski definition) is 6. The van der Waals surface area contributed by atoms with Gasteiger partial charge in [0.15, 0.2) is 5.13 Å². The van der Waals surface area contributed by atoms with Gasteiger partial charge in [-0.1, -0.05) is 12.1 Å². The Morgan fingerprint density at radius 3 is 2.50 bits per heavy atom. The van der Waals surface area contributed by atoms with Gasteiger partial charge in [0.1, 0.15) is 11.6 Å². The monoisotopic (exact) mass is 372 g/mol. The van der Waals surface area contributed by atoms with Crippen LogP contribution in [0.1, 0.15) is 33.3 Å². The van der Waals surface area contributed by atoms with Crippen molar-refractivity contribution < 1.29 is 14.3 Å². The number of amides is 2. The summed E-state index contributed by atoms with van der Waals surface area (Å²) in [6.45, 7) is 6.81. The van der Waals surface area contributed by atoms with Crippen LogP contribution in [0.2, 0.25) is 0 Å². The Kier molecular flexibility index (Phi) is 5.95. The van der Waals surface area contributed by atoms with E-state index in [9.17, 15) is 9.59 Å². The molecule has 26 heavy (non-hydrogen) atoms. The minimum absolute atomic E-state index is 0.392. The molecule has 1 aromatic heterocycles. The lowest BCUT2D eigenvalue weighted by Gasteiger charge is -2.21. The Bertz CT molecular complexity index is 831. The number of nitrogens with one attached hydrogen (secondary N) is 2. The molecule has 2 aromatic rings. The first-order valence-corrected chi connectivity index (χ1v) is 8.82. The highest BCUT2D eigenvalue weighted by atomic mass is 32.1. The molecule has 0 aliphatic carbocycles. The zero-order chi connectivity index (χ0) is 19.3. The van der Waals surface area contributed by atoms with Gasteiger partial charge in [-0.2, -0.15) is 5.26 Å². The molecule has 0 aliphatic rings. The van der Waals surface area contributed by atoms with E-state index in [1.165, 1.54) is 11.3 Å². The lowest BCUT2D eigenvalue weighted by atomic mass is 10.1. The second kappa shape index (κ2) is 7.97. The van der Waals surface area contributed by atoms with E-state index in [4.69, 9.17) is 10.00 Å². The summed E-state index contributed by atoms with van der Waals surface area (Å²) in [6.07, 6.45) is -0.655. The van der Waals surface area contributed by atoms with Crippen molar-refractivity contribution in [2.45, 2.75) is 39.3 Å². The lowest BCUT2D eigenvalue weighted by Crippen LogP contribution is -2.43. The number of nitriles is 1. The van der Waals surface area contributed by atoms with Crippen molar-refractivity contribution in [2.24, 2.45) is 0 Å². The average molecular weight is 372 g/mol. The Morgan fingerprint density at radius 1 is 1.27 bits per heavy atom. The second-order valence-corrected chi connectivity index (χ2v) is 7.44. The van der Waals surface area contributed by atoms with Crippen molar-refractivity contribution >= 4 is 28.5 Å². The zero-order valence-corrected chi connectivity index (χ0v) is 15.8. The number of benzene rings is 1. The maximum absolute atomic E-state index is 12.2. The van der Waals surface area contributed by atoms with Crippen LogP contribution >= 0.6 is 11.3 Å². The maximum atomic E-state index is 12.2. The Balaban J connectivity index is 1.96. The molecular weight excluding hydrogens is 352 g/mol. The molecule has 8 heteroatoms. The van der Waals surface area contributed by atoms with E-state index in [0.29, 0.717) is 16.4 Å². The highest BCUT2D eigenvalue weighted by Crippen LogP contribution is 2.25. The molecule has 1 unspecified atom stereocenters. The summed E-state index contributed by atoms with van der Waals surface area (Å²) >= 11 is 1.28. The third kappa shape index (κ3) is 5.57. The molecule has 0 saturated heterocycles. The van der Waals surface area contributed by atoms with Crippen LogP contribution in [0.25, 0.3) is 11.3 Å². The first kappa shape index (κ1) is 19.4. The molecule has 1 atom stereocenters. The molecule has 1 heterocycles. The fourth-order valence-electron chi connectivity index (χ4n) is 1.94. The molecule has 0 saturated carbocycles. The number of nitrogens with zero attached hydrogens (tertiary/aromatic N) is 2. The Hall–Kier alpha value is -2.92. The summed E-state index contributed by atoms with van der Waals surface area (Å²) in [7, 11) is 0. The summed E-state index contributed by atoms with van der Waals surface area (Å²) in [6, 6.07) is 8.30. The van der Waals surface area contributed by atoms with Gasteiger partial charge in [0.2, 0.25) is 5.91 Å². The minimum atomic E-state index is -0.771. The second-order valence-electron chi connectivity index (χ2n) is 6.58. The summed E-state index contributed by atoms with van der Waals surface area (Å²) in [4.78, 5) is 28.3. The van der Waals surface area contributed by atoms with Crippen molar-refractivity contribution in [3.8, 4) is 17.3 Å². The molecule has 0 radical (unpaired) electrons. The van der Waals surface area contributed by atoms with E-state index in [1.54, 1.807) is 52.0 Å². The number of aromatic nitrogens is 1.